The van der Waals surface area contributed by atoms with Gasteiger partial charge in [0.2, 0.25) is 0 Å². The van der Waals surface area contributed by atoms with Crippen LogP contribution in [0, 0.1) is 18.3 Å². The lowest BCUT2D eigenvalue weighted by Crippen LogP contribution is -2.40. The maximum absolute atomic E-state index is 10.8. The molecule has 0 saturated heterocycles. The van der Waals surface area contributed by atoms with Crippen molar-refractivity contribution in [2.24, 2.45) is 17.1 Å². The van der Waals surface area contributed by atoms with E-state index in [-0.39, 0.29) is 5.41 Å². The van der Waals surface area contributed by atoms with Crippen molar-refractivity contribution >= 4 is 15.9 Å². The Bertz CT molecular complexity index is 448. The Morgan fingerprint density at radius 3 is 2.84 bits per heavy atom. The molecule has 0 amide bonds. The number of aliphatic hydroxyl groups excluding tert-OH is 1. The summed E-state index contributed by atoms with van der Waals surface area (Å²) in [4.78, 5) is 0. The molecule has 19 heavy (non-hydrogen) atoms. The third-order valence-corrected chi connectivity index (χ3v) is 5.48. The number of rotatable bonds is 3. The van der Waals surface area contributed by atoms with Gasteiger partial charge in [0.05, 0.1) is 6.10 Å². The van der Waals surface area contributed by atoms with Crippen molar-refractivity contribution in [3.05, 3.63) is 33.8 Å². The highest BCUT2D eigenvalue weighted by Crippen LogP contribution is 2.47. The molecule has 3 heteroatoms. The summed E-state index contributed by atoms with van der Waals surface area (Å²) in [5.74, 6) is 0.654. The average molecular weight is 326 g/mol. The second-order valence-electron chi connectivity index (χ2n) is 6.18. The van der Waals surface area contributed by atoms with Gasteiger partial charge in [-0.15, -0.1) is 0 Å². The van der Waals surface area contributed by atoms with Crippen molar-refractivity contribution in [1.82, 2.24) is 0 Å². The summed E-state index contributed by atoms with van der Waals surface area (Å²) in [7, 11) is 0. The monoisotopic (exact) mass is 325 g/mol. The highest BCUT2D eigenvalue weighted by molar-refractivity contribution is 9.10. The number of hydrogen-bond acceptors (Lipinski definition) is 2. The highest BCUT2D eigenvalue weighted by Gasteiger charge is 2.40. The minimum atomic E-state index is -0.461. The maximum Gasteiger partial charge on any atom is 0.0858 e. The van der Waals surface area contributed by atoms with Gasteiger partial charge < -0.3 is 10.8 Å². The molecule has 1 fully saturated rings. The second kappa shape index (κ2) is 5.94. The molecule has 3 N–H and O–H groups in total. The Morgan fingerprint density at radius 1 is 1.53 bits per heavy atom. The van der Waals surface area contributed by atoms with Crippen LogP contribution < -0.4 is 5.73 Å². The molecule has 2 rings (SSSR count). The van der Waals surface area contributed by atoms with Crippen molar-refractivity contribution in [2.45, 2.75) is 45.6 Å². The predicted molar refractivity (Wildman–Crippen MR) is 83.0 cm³/mol. The van der Waals surface area contributed by atoms with E-state index in [9.17, 15) is 5.11 Å². The van der Waals surface area contributed by atoms with Gasteiger partial charge in [-0.1, -0.05) is 47.8 Å². The molecule has 1 aliphatic carbocycles. The molecule has 2 nitrogen and oxygen atoms in total. The van der Waals surface area contributed by atoms with Gasteiger partial charge in [0.25, 0.3) is 0 Å². The Balaban J connectivity index is 2.29. The largest absolute Gasteiger partial charge is 0.388 e. The van der Waals surface area contributed by atoms with Crippen LogP contribution in [0.25, 0.3) is 0 Å². The first kappa shape index (κ1) is 15.0. The fourth-order valence-electron chi connectivity index (χ4n) is 3.38. The molecule has 1 saturated carbocycles. The summed E-state index contributed by atoms with van der Waals surface area (Å²) in [6.45, 7) is 4.88. The predicted octanol–water partition coefficient (Wildman–Crippen LogP) is 3.95. The van der Waals surface area contributed by atoms with E-state index in [0.29, 0.717) is 12.5 Å². The summed E-state index contributed by atoms with van der Waals surface area (Å²) < 4.78 is 1.06. The number of nitrogens with two attached hydrogens (primary N) is 1. The van der Waals surface area contributed by atoms with Gasteiger partial charge in [0.1, 0.15) is 0 Å². The average Bonchev–Trinajstić information content (AvgIpc) is 2.41. The van der Waals surface area contributed by atoms with Gasteiger partial charge in [0, 0.05) is 16.4 Å². The van der Waals surface area contributed by atoms with Crippen molar-refractivity contribution < 1.29 is 5.11 Å². The van der Waals surface area contributed by atoms with Crippen LogP contribution in [0.5, 0.6) is 0 Å². The van der Waals surface area contributed by atoms with Gasteiger partial charge >= 0.3 is 0 Å². The molecule has 0 spiro atoms. The normalized spacial score (nSPS) is 29.2. The molecule has 0 aliphatic heterocycles. The minimum absolute atomic E-state index is 0.146. The molecule has 0 aromatic heterocycles. The van der Waals surface area contributed by atoms with Gasteiger partial charge in [-0.2, -0.15) is 0 Å². The summed E-state index contributed by atoms with van der Waals surface area (Å²) >= 11 is 3.55. The number of aryl methyl sites for hydroxylation is 1. The van der Waals surface area contributed by atoms with Crippen molar-refractivity contribution in [1.29, 1.82) is 0 Å². The maximum atomic E-state index is 10.8. The van der Waals surface area contributed by atoms with E-state index in [1.54, 1.807) is 0 Å². The quantitative estimate of drug-likeness (QED) is 0.883. The summed E-state index contributed by atoms with van der Waals surface area (Å²) in [6.07, 6.45) is 4.02. The Hall–Kier alpha value is -0.380. The zero-order valence-electron chi connectivity index (χ0n) is 11.8. The molecule has 1 aliphatic rings. The fourth-order valence-corrected chi connectivity index (χ4v) is 3.78. The summed E-state index contributed by atoms with van der Waals surface area (Å²) in [5.41, 5.74) is 8.06. The fraction of sp³-hybridized carbons (Fsp3) is 0.625. The molecule has 106 valence electrons. The topological polar surface area (TPSA) is 46.2 Å². The molecular weight excluding hydrogens is 302 g/mol. The highest BCUT2D eigenvalue weighted by atomic mass is 79.9. The van der Waals surface area contributed by atoms with E-state index < -0.39 is 6.10 Å². The van der Waals surface area contributed by atoms with E-state index in [4.69, 9.17) is 5.73 Å². The first-order chi connectivity index (χ1) is 8.98. The SMILES string of the molecule is Cc1ccc(C(O)C2(CN)CCCC(C)C2)cc1Br. The molecule has 3 unspecified atom stereocenters. The van der Waals surface area contributed by atoms with Crippen molar-refractivity contribution in [3.63, 3.8) is 0 Å². The number of aliphatic hydroxyl groups is 1. The van der Waals surface area contributed by atoms with Crippen LogP contribution in [0.4, 0.5) is 0 Å². The Morgan fingerprint density at radius 2 is 2.26 bits per heavy atom. The Kier molecular flexibility index (Phi) is 4.70. The van der Waals surface area contributed by atoms with E-state index in [1.165, 1.54) is 18.4 Å². The first-order valence-electron chi connectivity index (χ1n) is 7.13. The lowest BCUT2D eigenvalue weighted by atomic mass is 9.65. The Labute approximate surface area is 124 Å². The van der Waals surface area contributed by atoms with Gasteiger partial charge in [-0.05, 0) is 42.9 Å². The lowest BCUT2D eigenvalue weighted by Gasteiger charge is -2.43. The lowest BCUT2D eigenvalue weighted by molar-refractivity contribution is -0.0131. The standard InChI is InChI=1S/C16H24BrNO/c1-11-4-3-7-16(9-11,10-18)15(19)13-6-5-12(2)14(17)8-13/h5-6,8,11,15,19H,3-4,7,9-10,18H2,1-2H3. The molecule has 1 aromatic rings. The first-order valence-corrected chi connectivity index (χ1v) is 7.92. The molecule has 3 atom stereocenters. The van der Waals surface area contributed by atoms with E-state index >= 15 is 0 Å². The van der Waals surface area contributed by atoms with E-state index in [2.05, 4.69) is 35.8 Å². The van der Waals surface area contributed by atoms with Crippen molar-refractivity contribution in [2.75, 3.05) is 6.54 Å². The van der Waals surface area contributed by atoms with Crippen LogP contribution in [0.15, 0.2) is 22.7 Å². The van der Waals surface area contributed by atoms with Crippen LogP contribution in [-0.4, -0.2) is 11.7 Å². The third kappa shape index (κ3) is 3.04. The van der Waals surface area contributed by atoms with Crippen LogP contribution >= 0.6 is 15.9 Å². The third-order valence-electron chi connectivity index (χ3n) is 4.62. The molecular formula is C16H24BrNO. The molecule has 0 radical (unpaired) electrons. The van der Waals surface area contributed by atoms with Gasteiger partial charge in [0.15, 0.2) is 0 Å². The number of benzene rings is 1. The number of hydrogen-bond donors (Lipinski definition) is 2. The number of halogens is 1. The van der Waals surface area contributed by atoms with E-state index in [1.807, 2.05) is 12.1 Å². The zero-order chi connectivity index (χ0) is 14.0. The van der Waals surface area contributed by atoms with Crippen LogP contribution in [0.1, 0.15) is 49.8 Å². The van der Waals surface area contributed by atoms with Crippen LogP contribution in [0.3, 0.4) is 0 Å². The molecule has 0 bridgehead atoms. The van der Waals surface area contributed by atoms with Crippen LogP contribution in [-0.2, 0) is 0 Å². The molecule has 1 aromatic carbocycles. The summed E-state index contributed by atoms with van der Waals surface area (Å²) in [6, 6.07) is 6.12. The zero-order valence-corrected chi connectivity index (χ0v) is 13.4. The van der Waals surface area contributed by atoms with Gasteiger partial charge in [-0.25, -0.2) is 0 Å². The second-order valence-corrected chi connectivity index (χ2v) is 7.03. The smallest absolute Gasteiger partial charge is 0.0858 e. The minimum Gasteiger partial charge on any atom is -0.388 e. The van der Waals surface area contributed by atoms with Crippen LogP contribution in [0.2, 0.25) is 0 Å². The molecule has 0 heterocycles. The van der Waals surface area contributed by atoms with Gasteiger partial charge in [-0.3, -0.25) is 0 Å². The summed E-state index contributed by atoms with van der Waals surface area (Å²) in [5, 5.41) is 10.8. The van der Waals surface area contributed by atoms with E-state index in [0.717, 1.165) is 22.9 Å². The van der Waals surface area contributed by atoms with Crippen molar-refractivity contribution in [3.8, 4) is 0 Å².